The maximum atomic E-state index is 12.9. The lowest BCUT2D eigenvalue weighted by atomic mass is 9.84. The molecular formula is C55H94N2O40P2. The Hall–Kier alpha value is -2.62. The van der Waals surface area contributed by atoms with Gasteiger partial charge in [-0.2, -0.15) is 0 Å². The van der Waals surface area contributed by atoms with Crippen LogP contribution in [0.1, 0.15) is 40.5 Å². The van der Waals surface area contributed by atoms with Crippen molar-refractivity contribution in [3.63, 3.8) is 0 Å². The monoisotopic (exact) mass is 1480 g/mol. The molecule has 44 heteroatoms. The maximum Gasteiger partial charge on any atom is 0.364 e. The van der Waals surface area contributed by atoms with Crippen molar-refractivity contribution in [2.24, 2.45) is 11.8 Å². The predicted molar refractivity (Wildman–Crippen MR) is 317 cm³/mol. The maximum absolute atomic E-state index is 12.9. The zero-order valence-corrected chi connectivity index (χ0v) is 55.8. The molecule has 0 saturated carbocycles. The first kappa shape index (κ1) is 83.7. The SMILES string of the molecule is CC(=O)N[C@@H]1C(O[C@@H]2C(CO)OC(OP(C)P)[C@H](OC3OC(CO)[C@@H](OC4OC(CO[C@]5(C(=O)O)C[C@@H](O)[C@@H](C)C([C@H](O)[C@H](O)CO)O5)[C@H](O)[C@H](O)[C@@H]4O)[C@H](O)[C@@H]3NC(C)=O)[C@H]2O)OC(CO)[C@@H](OC2OC(CO[C@]3(C(=O)O)C[C@@H](O)[C@@H](C)C([C@H](O)[C@H](O)CO)O3)[C@H](O)[C@H](O)[C@@H]2O)[C@@H]1O. The number of carboxylic acid groups (broad SMARTS) is 2. The van der Waals surface area contributed by atoms with Gasteiger partial charge in [-0.1, -0.05) is 22.8 Å². The summed E-state index contributed by atoms with van der Waals surface area (Å²) in [5, 5.41) is 243. The Balaban J connectivity index is 1.09. The van der Waals surface area contributed by atoms with Gasteiger partial charge in [-0.3, -0.25) is 9.59 Å². The zero-order valence-electron chi connectivity index (χ0n) is 53.8. The van der Waals surface area contributed by atoms with Gasteiger partial charge in [0.15, 0.2) is 31.5 Å². The van der Waals surface area contributed by atoms with Gasteiger partial charge in [-0.05, 0) is 6.66 Å². The van der Waals surface area contributed by atoms with E-state index in [1.807, 2.05) is 0 Å². The molecule has 0 bridgehead atoms. The molecule has 0 radical (unpaired) electrons. The zero-order chi connectivity index (χ0) is 73.8. The quantitative estimate of drug-likeness (QED) is 0.0309. The van der Waals surface area contributed by atoms with Crippen LogP contribution in [-0.4, -0.2) is 403 Å². The van der Waals surface area contributed by atoms with E-state index >= 15 is 0 Å². The molecule has 0 spiro atoms. The minimum absolute atomic E-state index is 0.822. The predicted octanol–water partition coefficient (Wildman–Crippen LogP) is -13.2. The summed E-state index contributed by atoms with van der Waals surface area (Å²) in [7, 11) is 0.721. The third kappa shape index (κ3) is 18.6. The fraction of sp³-hybridized carbons (Fsp3) is 0.927. The summed E-state index contributed by atoms with van der Waals surface area (Å²) in [5.41, 5.74) is 0. The van der Waals surface area contributed by atoms with E-state index in [-0.39, 0.29) is 0 Å². The number of hydrogen-bond donors (Lipinski definition) is 24. The van der Waals surface area contributed by atoms with E-state index in [4.69, 9.17) is 66.1 Å². The van der Waals surface area contributed by atoms with Crippen molar-refractivity contribution >= 4 is 40.5 Å². The van der Waals surface area contributed by atoms with E-state index in [2.05, 4.69) is 19.6 Å². The number of carbonyl (C=O) groups excluding carboxylic acids is 2. The molecule has 7 fully saturated rings. The number of carboxylic acids is 2. The second-order valence-corrected chi connectivity index (χ2v) is 28.8. The van der Waals surface area contributed by atoms with Crippen molar-refractivity contribution in [2.45, 2.75) is 254 Å². The number of rotatable bonds is 29. The van der Waals surface area contributed by atoms with Gasteiger partial charge < -0.3 is 189 Å². The van der Waals surface area contributed by atoms with Crippen LogP contribution in [0.4, 0.5) is 0 Å². The van der Waals surface area contributed by atoms with Crippen LogP contribution in [0.3, 0.4) is 0 Å². The molecule has 42 nitrogen and oxygen atoms in total. The summed E-state index contributed by atoms with van der Waals surface area (Å²) < 4.78 is 82.3. The fourth-order valence-electron chi connectivity index (χ4n) is 12.6. The first-order valence-electron chi connectivity index (χ1n) is 31.4. The molecule has 24 N–H and O–H groups in total. The summed E-state index contributed by atoms with van der Waals surface area (Å²) in [6.07, 6.45) is -62.6. The number of hydrogen-bond acceptors (Lipinski definition) is 38. The van der Waals surface area contributed by atoms with Crippen LogP contribution in [0.15, 0.2) is 0 Å². The molecule has 7 saturated heterocycles. The fourth-order valence-corrected chi connectivity index (χ4v) is 13.4. The molecule has 39 atom stereocenters. The smallest absolute Gasteiger partial charge is 0.364 e. The summed E-state index contributed by atoms with van der Waals surface area (Å²) in [4.78, 5) is 51.3. The van der Waals surface area contributed by atoms with Gasteiger partial charge in [-0.15, -0.1) is 0 Å². The normalized spacial score (nSPS) is 46.1. The Bertz CT molecular complexity index is 2600. The van der Waals surface area contributed by atoms with Crippen LogP contribution in [-0.2, 0) is 85.3 Å². The lowest BCUT2D eigenvalue weighted by molar-refractivity contribution is -0.383. The average molecular weight is 1490 g/mol. The van der Waals surface area contributed by atoms with E-state index in [0.29, 0.717) is 0 Å². The van der Waals surface area contributed by atoms with Crippen molar-refractivity contribution in [3.05, 3.63) is 0 Å². The van der Waals surface area contributed by atoms with Gasteiger partial charge in [0.2, 0.25) is 11.8 Å². The van der Waals surface area contributed by atoms with Crippen LogP contribution < -0.4 is 10.6 Å². The van der Waals surface area contributed by atoms with Gasteiger partial charge in [0.1, 0.15) is 146 Å². The van der Waals surface area contributed by atoms with E-state index < -0.39 is 316 Å². The molecule has 14 unspecified atom stereocenters. The summed E-state index contributed by atoms with van der Waals surface area (Å²) in [6.45, 7) is -1.21. The average Bonchev–Trinajstić information content (AvgIpc) is 0.784. The number of amides is 2. The van der Waals surface area contributed by atoms with Gasteiger partial charge in [0.05, 0.1) is 70.7 Å². The van der Waals surface area contributed by atoms with Gasteiger partial charge >= 0.3 is 11.9 Å². The molecule has 7 aliphatic rings. The Morgan fingerprint density at radius 1 is 0.475 bits per heavy atom. The van der Waals surface area contributed by atoms with Crippen LogP contribution in [0, 0.1) is 11.8 Å². The van der Waals surface area contributed by atoms with Crippen LogP contribution in [0.2, 0.25) is 0 Å². The third-order valence-electron chi connectivity index (χ3n) is 18.3. The largest absolute Gasteiger partial charge is 0.477 e. The highest BCUT2D eigenvalue weighted by atomic mass is 32.0. The third-order valence-corrected chi connectivity index (χ3v) is 19.2. The van der Waals surface area contributed by atoms with E-state index in [9.17, 15) is 132 Å². The summed E-state index contributed by atoms with van der Waals surface area (Å²) >= 11 is 0. The number of aliphatic hydroxyl groups is 20. The molecule has 0 aromatic heterocycles. The topological polar surface area (TPSA) is 667 Å². The van der Waals surface area contributed by atoms with Crippen LogP contribution in [0.25, 0.3) is 0 Å². The lowest BCUT2D eigenvalue weighted by Gasteiger charge is -2.51. The minimum atomic E-state index is -2.86. The van der Waals surface area contributed by atoms with Gasteiger partial charge in [-0.25, -0.2) is 9.59 Å². The molecule has 0 aromatic carbocycles. The molecule has 7 rings (SSSR count). The number of aliphatic hydroxyl groups excluding tert-OH is 20. The highest BCUT2D eigenvalue weighted by Gasteiger charge is 2.61. The second-order valence-electron chi connectivity index (χ2n) is 25.3. The van der Waals surface area contributed by atoms with Gasteiger partial charge in [0.25, 0.3) is 11.6 Å². The Morgan fingerprint density at radius 2 is 0.798 bits per heavy atom. The second kappa shape index (κ2) is 35.6. The first-order chi connectivity index (χ1) is 46.4. The lowest BCUT2D eigenvalue weighted by Crippen LogP contribution is -2.70. The highest BCUT2D eigenvalue weighted by Crippen LogP contribution is 2.47. The molecule has 7 heterocycles. The van der Waals surface area contributed by atoms with Crippen LogP contribution >= 0.6 is 16.8 Å². The Labute approximate surface area is 566 Å². The first-order valence-corrected chi connectivity index (χ1v) is 34.7. The highest BCUT2D eigenvalue weighted by molar-refractivity contribution is 8.10. The number of aliphatic carboxylic acids is 2. The van der Waals surface area contributed by atoms with E-state index in [1.165, 1.54) is 20.5 Å². The van der Waals surface area contributed by atoms with Crippen LogP contribution in [0.5, 0.6) is 0 Å². The molecule has 7 aliphatic heterocycles. The molecular weight excluding hydrogens is 1390 g/mol. The van der Waals surface area contributed by atoms with Crippen molar-refractivity contribution in [3.8, 4) is 0 Å². The number of carbonyl (C=O) groups is 4. The number of nitrogens with one attached hydrogen (secondary N) is 2. The molecule has 2 amide bonds. The van der Waals surface area contributed by atoms with E-state index in [1.54, 1.807) is 0 Å². The van der Waals surface area contributed by atoms with Gasteiger partial charge in [0, 0.05) is 46.4 Å². The van der Waals surface area contributed by atoms with Crippen molar-refractivity contribution in [1.82, 2.24) is 10.6 Å². The van der Waals surface area contributed by atoms with Crippen molar-refractivity contribution < 1.29 is 198 Å². The molecule has 0 aliphatic carbocycles. The molecule has 0 aromatic rings. The summed E-state index contributed by atoms with van der Waals surface area (Å²) in [5.74, 6) is -13.4. The Kier molecular flexibility index (Phi) is 30.1. The Morgan fingerprint density at radius 3 is 1.12 bits per heavy atom. The number of ether oxygens (including phenoxy) is 13. The van der Waals surface area contributed by atoms with E-state index in [0.717, 1.165) is 13.8 Å². The molecule has 574 valence electrons. The molecule has 99 heavy (non-hydrogen) atoms. The minimum Gasteiger partial charge on any atom is -0.477 e. The standard InChI is InChI=1S/C55H94N2O40P2/c1-15-19(65)6-54(52(80)81,95-41(15)30(69)21(67)8-58)84-13-26-32(71)36(75)38(77)49(89-26)92-43-23(10-60)86-47(28(34(43)73)56-17(3)63)91-45-25(12-62)88-51(97-99(5)98)46(40(45)79)94-48-29(57-18(4)64)35(74)44(24(11-61)87-48)93-50-39(78)37(76)33(72)27(90-50)14-85-55(53(82)83)7-20(66)16(2)42(96-55)31(70)22(68)9-59/h15-16,19-51,58-62,65-79H,6-14,98H2,1-5H3,(H,56,63)(H,57,64)(H,80,81)(H,82,83)/t15-,16-,19-,20-,21-,22-,23?,24?,25?,26?,27?,28+,29+,30-,31-,32+,33+,34-,35-,36+,37+,38+,39+,40+,41?,42?,43-,44-,45-,46-,47?,48?,49?,50?,51?,54-,55-,99?/m1/s1. The summed E-state index contributed by atoms with van der Waals surface area (Å²) in [6, 6.07) is -3.73. The van der Waals surface area contributed by atoms with Crippen molar-refractivity contribution in [1.29, 1.82) is 0 Å². The van der Waals surface area contributed by atoms with Crippen molar-refractivity contribution in [2.75, 3.05) is 52.9 Å².